The van der Waals surface area contributed by atoms with E-state index >= 15 is 0 Å². The highest BCUT2D eigenvalue weighted by Gasteiger charge is 2.21. The van der Waals surface area contributed by atoms with Crippen LogP contribution in [0.2, 0.25) is 5.02 Å². The second-order valence-electron chi connectivity index (χ2n) is 8.04. The number of nitrogens with one attached hydrogen (secondary N) is 1. The summed E-state index contributed by atoms with van der Waals surface area (Å²) in [5.74, 6) is 2.55. The van der Waals surface area contributed by atoms with Crippen LogP contribution in [0.1, 0.15) is 17.7 Å². The molecule has 2 fully saturated rings. The molecule has 0 saturated carbocycles. The van der Waals surface area contributed by atoms with E-state index in [0.29, 0.717) is 5.92 Å². The van der Waals surface area contributed by atoms with Crippen molar-refractivity contribution in [3.05, 3.63) is 59.0 Å². The lowest BCUT2D eigenvalue weighted by atomic mass is 10.1. The molecule has 2 aromatic rings. The number of ether oxygens (including phenoxy) is 1. The third-order valence-electron chi connectivity index (χ3n) is 5.72. The molecule has 1 atom stereocenters. The van der Waals surface area contributed by atoms with Crippen LogP contribution >= 0.6 is 11.6 Å². The monoisotopic (exact) mass is 430 g/mol. The molecule has 0 aliphatic carbocycles. The molecule has 2 saturated heterocycles. The van der Waals surface area contributed by atoms with Gasteiger partial charge in [0.05, 0.1) is 12.9 Å². The highest BCUT2D eigenvalue weighted by Crippen LogP contribution is 2.15. The summed E-state index contributed by atoms with van der Waals surface area (Å²) >= 11 is 6.13. The molecule has 0 bridgehead atoms. The molecule has 2 aliphatic rings. The Labute approximate surface area is 183 Å². The quantitative estimate of drug-likeness (QED) is 0.539. The molecule has 1 aromatic heterocycles. The Bertz CT molecular complexity index is 797. The maximum absolute atomic E-state index is 6.13. The van der Waals surface area contributed by atoms with Crippen molar-refractivity contribution in [3.63, 3.8) is 0 Å². The van der Waals surface area contributed by atoms with Gasteiger partial charge in [0, 0.05) is 69.8 Å². The molecule has 1 N–H and O–H groups in total. The van der Waals surface area contributed by atoms with Crippen molar-refractivity contribution in [1.82, 2.24) is 15.1 Å². The Hall–Kier alpha value is -2.02. The third-order valence-corrected chi connectivity index (χ3v) is 5.96. The van der Waals surface area contributed by atoms with Crippen LogP contribution in [-0.4, -0.2) is 68.2 Å². The molecule has 3 heterocycles. The first kappa shape index (κ1) is 21.2. The Balaban J connectivity index is 1.31. The van der Waals surface area contributed by atoms with E-state index in [1.165, 1.54) is 5.56 Å². The number of nitrogens with zero attached hydrogens (tertiary/aromatic N) is 3. The maximum Gasteiger partial charge on any atom is 0.194 e. The van der Waals surface area contributed by atoms with Gasteiger partial charge < -0.3 is 19.4 Å². The number of rotatable bonds is 7. The van der Waals surface area contributed by atoms with Gasteiger partial charge in [0.1, 0.15) is 5.76 Å². The van der Waals surface area contributed by atoms with E-state index in [-0.39, 0.29) is 0 Å². The van der Waals surface area contributed by atoms with Gasteiger partial charge in [-0.25, -0.2) is 0 Å². The van der Waals surface area contributed by atoms with Crippen molar-refractivity contribution in [1.29, 1.82) is 0 Å². The predicted octanol–water partition coefficient (Wildman–Crippen LogP) is 3.28. The minimum Gasteiger partial charge on any atom is -0.469 e. The van der Waals surface area contributed by atoms with Crippen molar-refractivity contribution in [2.45, 2.75) is 19.4 Å². The Morgan fingerprint density at radius 3 is 2.80 bits per heavy atom. The first-order valence-electron chi connectivity index (χ1n) is 10.9. The summed E-state index contributed by atoms with van der Waals surface area (Å²) in [6.07, 6.45) is 3.69. The summed E-state index contributed by atoms with van der Waals surface area (Å²) in [4.78, 5) is 9.81. The van der Waals surface area contributed by atoms with Gasteiger partial charge in [-0.3, -0.25) is 9.89 Å². The molecule has 30 heavy (non-hydrogen) atoms. The fourth-order valence-corrected chi connectivity index (χ4v) is 4.19. The fourth-order valence-electron chi connectivity index (χ4n) is 3.97. The highest BCUT2D eigenvalue weighted by molar-refractivity contribution is 6.30. The lowest BCUT2D eigenvalue weighted by Crippen LogP contribution is -2.52. The van der Waals surface area contributed by atoms with E-state index in [4.69, 9.17) is 25.7 Å². The number of benzene rings is 1. The lowest BCUT2D eigenvalue weighted by molar-refractivity contribution is 0.172. The molecule has 162 valence electrons. The first-order valence-corrected chi connectivity index (χ1v) is 11.2. The van der Waals surface area contributed by atoms with Crippen molar-refractivity contribution in [2.75, 3.05) is 52.5 Å². The molecule has 7 heteroatoms. The fraction of sp³-hybridized carbons (Fsp3) is 0.522. The second-order valence-corrected chi connectivity index (χ2v) is 8.48. The zero-order valence-electron chi connectivity index (χ0n) is 17.4. The van der Waals surface area contributed by atoms with Crippen LogP contribution < -0.4 is 5.32 Å². The van der Waals surface area contributed by atoms with Crippen LogP contribution in [0.5, 0.6) is 0 Å². The topological polar surface area (TPSA) is 53.2 Å². The van der Waals surface area contributed by atoms with Crippen LogP contribution in [0.4, 0.5) is 0 Å². The van der Waals surface area contributed by atoms with Gasteiger partial charge in [-0.2, -0.15) is 0 Å². The molecule has 6 nitrogen and oxygen atoms in total. The van der Waals surface area contributed by atoms with Crippen LogP contribution in [0.25, 0.3) is 0 Å². The van der Waals surface area contributed by atoms with E-state index in [0.717, 1.165) is 88.6 Å². The molecular formula is C23H31ClN4O2. The van der Waals surface area contributed by atoms with Crippen LogP contribution in [0.15, 0.2) is 52.1 Å². The summed E-state index contributed by atoms with van der Waals surface area (Å²) < 4.78 is 11.0. The minimum absolute atomic E-state index is 0.538. The summed E-state index contributed by atoms with van der Waals surface area (Å²) in [5.41, 5.74) is 1.27. The number of guanidine groups is 1. The van der Waals surface area contributed by atoms with Crippen LogP contribution in [-0.2, 0) is 17.7 Å². The number of piperazine rings is 1. The van der Waals surface area contributed by atoms with Crippen molar-refractivity contribution >= 4 is 17.6 Å². The Kier molecular flexibility index (Phi) is 7.67. The standard InChI is InChI=1S/C23H31ClN4O2/c24-21-4-1-3-19(15-21)17-27-9-11-28(12-10-27)23(26-16-20-7-14-29-18-20)25-8-6-22-5-2-13-30-22/h1-5,13,15,20H,6-12,14,16-18H2,(H,25,26). The predicted molar refractivity (Wildman–Crippen MR) is 120 cm³/mol. The van der Waals surface area contributed by atoms with Gasteiger partial charge in [0.15, 0.2) is 5.96 Å². The van der Waals surface area contributed by atoms with Crippen molar-refractivity contribution < 1.29 is 9.15 Å². The SMILES string of the molecule is Clc1cccc(CN2CCN(C(=NCC3CCOC3)NCCc3ccco3)CC2)c1. The summed E-state index contributed by atoms with van der Waals surface area (Å²) in [6, 6.07) is 12.1. The minimum atomic E-state index is 0.538. The van der Waals surface area contributed by atoms with E-state index in [1.54, 1.807) is 6.26 Å². The number of aliphatic imine (C=N–C) groups is 1. The van der Waals surface area contributed by atoms with Gasteiger partial charge in [-0.05, 0) is 36.2 Å². The molecule has 2 aliphatic heterocycles. The van der Waals surface area contributed by atoms with Crippen molar-refractivity contribution in [2.24, 2.45) is 10.9 Å². The average molecular weight is 431 g/mol. The zero-order chi connectivity index (χ0) is 20.6. The van der Waals surface area contributed by atoms with Gasteiger partial charge in [0.25, 0.3) is 0 Å². The number of halogens is 1. The summed E-state index contributed by atoms with van der Waals surface area (Å²) in [5, 5.41) is 4.37. The lowest BCUT2D eigenvalue weighted by Gasteiger charge is -2.36. The highest BCUT2D eigenvalue weighted by atomic mass is 35.5. The van der Waals surface area contributed by atoms with Crippen molar-refractivity contribution in [3.8, 4) is 0 Å². The molecule has 1 unspecified atom stereocenters. The van der Waals surface area contributed by atoms with Crippen LogP contribution in [0.3, 0.4) is 0 Å². The number of furan rings is 1. The largest absolute Gasteiger partial charge is 0.469 e. The van der Waals surface area contributed by atoms with Gasteiger partial charge in [-0.1, -0.05) is 23.7 Å². The van der Waals surface area contributed by atoms with Gasteiger partial charge in [0.2, 0.25) is 0 Å². The van der Waals surface area contributed by atoms with E-state index in [9.17, 15) is 0 Å². The molecule has 1 aromatic carbocycles. The molecular weight excluding hydrogens is 400 g/mol. The number of hydrogen-bond donors (Lipinski definition) is 1. The third kappa shape index (κ3) is 6.24. The molecule has 4 rings (SSSR count). The normalized spacial score (nSPS) is 20.6. The summed E-state index contributed by atoms with van der Waals surface area (Å²) in [6.45, 7) is 8.23. The van der Waals surface area contributed by atoms with E-state index in [2.05, 4.69) is 27.2 Å². The molecule has 0 amide bonds. The molecule has 0 radical (unpaired) electrons. The van der Waals surface area contributed by atoms with Crippen LogP contribution in [0, 0.1) is 5.92 Å². The van der Waals surface area contributed by atoms with Gasteiger partial charge >= 0.3 is 0 Å². The smallest absolute Gasteiger partial charge is 0.194 e. The summed E-state index contributed by atoms with van der Waals surface area (Å²) in [7, 11) is 0. The second kappa shape index (κ2) is 10.8. The van der Waals surface area contributed by atoms with E-state index < -0.39 is 0 Å². The number of hydrogen-bond acceptors (Lipinski definition) is 4. The zero-order valence-corrected chi connectivity index (χ0v) is 18.2. The van der Waals surface area contributed by atoms with Gasteiger partial charge in [-0.15, -0.1) is 0 Å². The van der Waals surface area contributed by atoms with E-state index in [1.807, 2.05) is 24.3 Å². The first-order chi connectivity index (χ1) is 14.8. The Morgan fingerprint density at radius 1 is 1.17 bits per heavy atom. The molecule has 0 spiro atoms. The average Bonchev–Trinajstić information content (AvgIpc) is 3.46. The maximum atomic E-state index is 6.13. The Morgan fingerprint density at radius 2 is 2.07 bits per heavy atom.